The van der Waals surface area contributed by atoms with Crippen LogP contribution < -0.4 is 4.90 Å². The average molecular weight is 389 g/mol. The molecule has 1 heterocycles. The Morgan fingerprint density at radius 3 is 2.55 bits per heavy atom. The molecule has 4 heteroatoms. The van der Waals surface area contributed by atoms with Crippen LogP contribution in [0, 0.1) is 5.41 Å². The number of carbonyl (C=O) groups excluding carboxylic acids is 1. The van der Waals surface area contributed by atoms with E-state index in [1.807, 2.05) is 49.5 Å². The van der Waals surface area contributed by atoms with Gasteiger partial charge in [-0.15, -0.1) is 0 Å². The quantitative estimate of drug-likeness (QED) is 0.515. The lowest BCUT2D eigenvalue weighted by atomic mass is 9.67. The van der Waals surface area contributed by atoms with Crippen LogP contribution in [-0.2, 0) is 11.3 Å². The van der Waals surface area contributed by atoms with Crippen LogP contribution in [0.4, 0.5) is 5.69 Å². The molecule has 1 aliphatic carbocycles. The zero-order valence-corrected chi connectivity index (χ0v) is 17.4. The van der Waals surface area contributed by atoms with E-state index in [4.69, 9.17) is 4.74 Å². The van der Waals surface area contributed by atoms with Crippen molar-refractivity contribution in [1.82, 2.24) is 4.98 Å². The highest BCUT2D eigenvalue weighted by molar-refractivity contribution is 5.89. The minimum Gasteiger partial charge on any atom is -0.462 e. The number of esters is 1. The molecule has 0 radical (unpaired) electrons. The first-order valence-electron chi connectivity index (χ1n) is 10.3. The van der Waals surface area contributed by atoms with Crippen LogP contribution in [0.5, 0.6) is 0 Å². The van der Waals surface area contributed by atoms with Crippen molar-refractivity contribution >= 4 is 22.6 Å². The van der Waals surface area contributed by atoms with Crippen LogP contribution >= 0.6 is 0 Å². The molecule has 4 nitrogen and oxygen atoms in total. The number of ether oxygens (including phenoxy) is 1. The van der Waals surface area contributed by atoms with Gasteiger partial charge in [-0.3, -0.25) is 4.98 Å². The summed E-state index contributed by atoms with van der Waals surface area (Å²) in [5, 5.41) is 1.16. The van der Waals surface area contributed by atoms with Gasteiger partial charge in [-0.1, -0.05) is 44.2 Å². The topological polar surface area (TPSA) is 42.4 Å². The molecule has 1 aliphatic rings. The summed E-state index contributed by atoms with van der Waals surface area (Å²) in [6, 6.07) is 18.7. The van der Waals surface area contributed by atoms with E-state index in [-0.39, 0.29) is 5.97 Å². The molecule has 0 N–H and O–H groups in total. The third-order valence-electron chi connectivity index (χ3n) is 5.74. The maximum absolute atomic E-state index is 11.9. The van der Waals surface area contributed by atoms with E-state index in [0.717, 1.165) is 23.1 Å². The summed E-state index contributed by atoms with van der Waals surface area (Å²) in [6.07, 6.45) is 4.32. The molecule has 0 aliphatic heterocycles. The van der Waals surface area contributed by atoms with Gasteiger partial charge in [-0.25, -0.2) is 4.79 Å². The Bertz CT molecular complexity index is 1000. The van der Waals surface area contributed by atoms with E-state index < -0.39 is 0 Å². The van der Waals surface area contributed by atoms with Gasteiger partial charge in [0.1, 0.15) is 0 Å². The zero-order chi connectivity index (χ0) is 20.4. The van der Waals surface area contributed by atoms with Gasteiger partial charge in [0.15, 0.2) is 0 Å². The van der Waals surface area contributed by atoms with Crippen molar-refractivity contribution in [2.75, 3.05) is 11.5 Å². The van der Waals surface area contributed by atoms with Crippen LogP contribution in [0.15, 0.2) is 60.8 Å². The number of hydrogen-bond acceptors (Lipinski definition) is 4. The summed E-state index contributed by atoms with van der Waals surface area (Å²) in [7, 11) is 0. The molecule has 0 atom stereocenters. The molecule has 1 saturated carbocycles. The van der Waals surface area contributed by atoms with Crippen molar-refractivity contribution in [3.8, 4) is 0 Å². The average Bonchev–Trinajstić information content (AvgIpc) is 2.70. The number of nitrogens with zero attached hydrogens (tertiary/aromatic N) is 2. The first-order valence-corrected chi connectivity index (χ1v) is 10.3. The van der Waals surface area contributed by atoms with Crippen molar-refractivity contribution in [2.45, 2.75) is 46.2 Å². The van der Waals surface area contributed by atoms with Crippen molar-refractivity contribution in [3.63, 3.8) is 0 Å². The van der Waals surface area contributed by atoms with Gasteiger partial charge < -0.3 is 9.64 Å². The molecule has 0 bridgehead atoms. The summed E-state index contributed by atoms with van der Waals surface area (Å²) in [4.78, 5) is 19.1. The number of hydrogen-bond donors (Lipinski definition) is 0. The van der Waals surface area contributed by atoms with E-state index in [1.54, 1.807) is 0 Å². The number of rotatable bonds is 6. The third kappa shape index (κ3) is 4.26. The molecule has 29 heavy (non-hydrogen) atoms. The standard InChI is InChI=1S/C25H28N2O2/c1-4-29-24(28)19-11-9-18(10-12-19)17-27(22-14-25(2,3)15-22)21-13-20-7-5-6-8-23(20)26-16-21/h5-13,16,22H,4,14-15,17H2,1-3H3. The summed E-state index contributed by atoms with van der Waals surface area (Å²) in [5.74, 6) is -0.268. The fraction of sp³-hybridized carbons (Fsp3) is 0.360. The molecule has 0 saturated heterocycles. The maximum atomic E-state index is 11.9. The van der Waals surface area contributed by atoms with Gasteiger partial charge in [0, 0.05) is 18.0 Å². The van der Waals surface area contributed by atoms with Crippen molar-refractivity contribution < 1.29 is 9.53 Å². The molecule has 150 valence electrons. The maximum Gasteiger partial charge on any atom is 0.338 e. The number of pyridine rings is 1. The zero-order valence-electron chi connectivity index (χ0n) is 17.4. The molecular formula is C25H28N2O2. The third-order valence-corrected chi connectivity index (χ3v) is 5.74. The molecular weight excluding hydrogens is 360 g/mol. The van der Waals surface area contributed by atoms with E-state index in [0.29, 0.717) is 23.6 Å². The first-order chi connectivity index (χ1) is 13.9. The van der Waals surface area contributed by atoms with Gasteiger partial charge in [0.2, 0.25) is 0 Å². The highest BCUT2D eigenvalue weighted by atomic mass is 16.5. The Morgan fingerprint density at radius 1 is 1.14 bits per heavy atom. The molecule has 2 aromatic carbocycles. The molecule has 4 rings (SSSR count). The highest BCUT2D eigenvalue weighted by Crippen LogP contribution is 2.44. The van der Waals surface area contributed by atoms with Crippen LogP contribution in [0.1, 0.15) is 49.5 Å². The Balaban J connectivity index is 1.60. The van der Waals surface area contributed by atoms with Crippen LogP contribution in [0.3, 0.4) is 0 Å². The summed E-state index contributed by atoms with van der Waals surface area (Å²) < 4.78 is 5.09. The van der Waals surface area contributed by atoms with E-state index in [9.17, 15) is 4.79 Å². The number of benzene rings is 2. The molecule has 1 aromatic heterocycles. The Hall–Kier alpha value is -2.88. The number of aromatic nitrogens is 1. The first kappa shape index (κ1) is 19.4. The van der Waals surface area contributed by atoms with E-state index >= 15 is 0 Å². The highest BCUT2D eigenvalue weighted by Gasteiger charge is 2.39. The Kier molecular flexibility index (Phi) is 5.27. The number of carbonyl (C=O) groups is 1. The van der Waals surface area contributed by atoms with Crippen LogP contribution in [-0.4, -0.2) is 23.6 Å². The van der Waals surface area contributed by atoms with E-state index in [1.165, 1.54) is 18.4 Å². The lowest BCUT2D eigenvalue weighted by molar-refractivity contribution is 0.0526. The Labute approximate surface area is 172 Å². The second-order valence-electron chi connectivity index (χ2n) is 8.66. The molecule has 0 unspecified atom stereocenters. The van der Waals surface area contributed by atoms with Gasteiger partial charge in [-0.2, -0.15) is 0 Å². The normalized spacial score (nSPS) is 15.7. The fourth-order valence-corrected chi connectivity index (χ4v) is 4.24. The number of para-hydroxylation sites is 1. The minimum atomic E-state index is -0.268. The molecule has 0 spiro atoms. The largest absolute Gasteiger partial charge is 0.462 e. The molecule has 1 fully saturated rings. The SMILES string of the molecule is CCOC(=O)c1ccc(CN(c2cnc3ccccc3c2)C2CC(C)(C)C2)cc1. The van der Waals surface area contributed by atoms with Crippen molar-refractivity contribution in [1.29, 1.82) is 0 Å². The van der Waals surface area contributed by atoms with Crippen molar-refractivity contribution in [3.05, 3.63) is 71.9 Å². The molecule has 0 amide bonds. The van der Waals surface area contributed by atoms with Crippen LogP contribution in [0.25, 0.3) is 10.9 Å². The van der Waals surface area contributed by atoms with Crippen molar-refractivity contribution in [2.24, 2.45) is 5.41 Å². The second-order valence-corrected chi connectivity index (χ2v) is 8.66. The molecule has 3 aromatic rings. The summed E-state index contributed by atoms with van der Waals surface area (Å²) in [6.45, 7) is 7.66. The second kappa shape index (κ2) is 7.86. The summed E-state index contributed by atoms with van der Waals surface area (Å²) in [5.41, 5.74) is 4.33. The minimum absolute atomic E-state index is 0.268. The monoisotopic (exact) mass is 388 g/mol. The van der Waals surface area contributed by atoms with Gasteiger partial charge in [-0.05, 0) is 55.0 Å². The fourth-order valence-electron chi connectivity index (χ4n) is 4.24. The van der Waals surface area contributed by atoms with Crippen LogP contribution in [0.2, 0.25) is 0 Å². The lowest BCUT2D eigenvalue weighted by Gasteiger charge is -2.49. The number of fused-ring (bicyclic) bond motifs is 1. The van der Waals surface area contributed by atoms with Gasteiger partial charge in [0.25, 0.3) is 0 Å². The van der Waals surface area contributed by atoms with Gasteiger partial charge in [0.05, 0.1) is 29.6 Å². The predicted molar refractivity (Wildman–Crippen MR) is 117 cm³/mol. The number of anilines is 1. The lowest BCUT2D eigenvalue weighted by Crippen LogP contribution is -2.48. The Morgan fingerprint density at radius 2 is 1.86 bits per heavy atom. The predicted octanol–water partition coefficient (Wildman–Crippen LogP) is 5.61. The van der Waals surface area contributed by atoms with E-state index in [2.05, 4.69) is 41.9 Å². The smallest absolute Gasteiger partial charge is 0.338 e. The van der Waals surface area contributed by atoms with Gasteiger partial charge >= 0.3 is 5.97 Å². The summed E-state index contributed by atoms with van der Waals surface area (Å²) >= 11 is 0.